The minimum atomic E-state index is -3.35. The van der Waals surface area contributed by atoms with E-state index in [-0.39, 0.29) is 0 Å². The van der Waals surface area contributed by atoms with Crippen LogP contribution in [0.4, 0.5) is 0 Å². The fraction of sp³-hybridized carbons (Fsp3) is 0.692. The standard InChI is InChI=1S/C13H23N3O2S2/c1-3-16(2)7-6-15-20(17,18)13-8-11(10-19-13)9-14-12-4-5-12/h8,10,12,14-15H,3-7,9H2,1-2H3. The maximum atomic E-state index is 12.1. The van der Waals surface area contributed by atoms with Gasteiger partial charge >= 0.3 is 0 Å². The first-order valence-electron chi connectivity index (χ1n) is 7.00. The summed E-state index contributed by atoms with van der Waals surface area (Å²) < 4.78 is 27.3. The van der Waals surface area contributed by atoms with Gasteiger partial charge in [-0.3, -0.25) is 0 Å². The number of nitrogens with zero attached hydrogens (tertiary/aromatic N) is 1. The molecule has 0 atom stereocenters. The molecule has 0 bridgehead atoms. The van der Waals surface area contributed by atoms with Crippen molar-refractivity contribution in [3.8, 4) is 0 Å². The lowest BCUT2D eigenvalue weighted by Crippen LogP contribution is -2.32. The van der Waals surface area contributed by atoms with E-state index in [0.717, 1.165) is 25.2 Å². The summed E-state index contributed by atoms with van der Waals surface area (Å²) >= 11 is 1.29. The molecule has 20 heavy (non-hydrogen) atoms. The van der Waals surface area contributed by atoms with Gasteiger partial charge in [0.05, 0.1) is 0 Å². The van der Waals surface area contributed by atoms with Gasteiger partial charge in [-0.05, 0) is 43.4 Å². The Morgan fingerprint density at radius 3 is 2.85 bits per heavy atom. The summed E-state index contributed by atoms with van der Waals surface area (Å²) in [6, 6.07) is 2.41. The Balaban J connectivity index is 1.84. The molecule has 2 N–H and O–H groups in total. The van der Waals surface area contributed by atoms with Crippen LogP contribution in [0.15, 0.2) is 15.7 Å². The second-order valence-corrected chi connectivity index (χ2v) is 8.13. The molecule has 1 saturated carbocycles. The quantitative estimate of drug-likeness (QED) is 0.719. The minimum Gasteiger partial charge on any atom is -0.310 e. The van der Waals surface area contributed by atoms with Crippen molar-refractivity contribution in [2.24, 2.45) is 0 Å². The van der Waals surface area contributed by atoms with Crippen LogP contribution in [0.2, 0.25) is 0 Å². The zero-order chi connectivity index (χ0) is 14.6. The topological polar surface area (TPSA) is 61.4 Å². The molecule has 0 aliphatic heterocycles. The molecule has 0 radical (unpaired) electrons. The van der Waals surface area contributed by atoms with Crippen LogP contribution in [-0.2, 0) is 16.6 Å². The zero-order valence-electron chi connectivity index (χ0n) is 12.1. The summed E-state index contributed by atoms with van der Waals surface area (Å²) in [7, 11) is -1.38. The molecule has 0 amide bonds. The summed E-state index contributed by atoms with van der Waals surface area (Å²) in [5.74, 6) is 0. The number of hydrogen-bond donors (Lipinski definition) is 2. The zero-order valence-corrected chi connectivity index (χ0v) is 13.7. The molecule has 7 heteroatoms. The fourth-order valence-electron chi connectivity index (χ4n) is 1.74. The molecule has 0 aromatic carbocycles. The van der Waals surface area contributed by atoms with E-state index in [1.165, 1.54) is 24.2 Å². The van der Waals surface area contributed by atoms with Crippen molar-refractivity contribution >= 4 is 21.4 Å². The van der Waals surface area contributed by atoms with Gasteiger partial charge in [0.25, 0.3) is 0 Å². The molecule has 0 spiro atoms. The van der Waals surface area contributed by atoms with Crippen molar-refractivity contribution in [3.05, 3.63) is 17.0 Å². The van der Waals surface area contributed by atoms with Gasteiger partial charge in [0.1, 0.15) is 4.21 Å². The first-order valence-corrected chi connectivity index (χ1v) is 9.36. The number of nitrogens with one attached hydrogen (secondary N) is 2. The highest BCUT2D eigenvalue weighted by Crippen LogP contribution is 2.22. The molecule has 1 fully saturated rings. The summed E-state index contributed by atoms with van der Waals surface area (Å²) in [5, 5.41) is 5.31. The number of hydrogen-bond acceptors (Lipinski definition) is 5. The molecular weight excluding hydrogens is 294 g/mol. The molecule has 0 unspecified atom stereocenters. The Hall–Kier alpha value is -0.470. The molecule has 114 valence electrons. The van der Waals surface area contributed by atoms with Gasteiger partial charge in [0.15, 0.2) is 0 Å². The Morgan fingerprint density at radius 1 is 1.45 bits per heavy atom. The van der Waals surface area contributed by atoms with Crippen LogP contribution >= 0.6 is 11.3 Å². The predicted octanol–water partition coefficient (Wildman–Crippen LogP) is 1.23. The van der Waals surface area contributed by atoms with Gasteiger partial charge in [-0.1, -0.05) is 6.92 Å². The minimum absolute atomic E-state index is 0.407. The molecule has 1 aliphatic rings. The number of thiophene rings is 1. The van der Waals surface area contributed by atoms with Crippen LogP contribution in [0.5, 0.6) is 0 Å². The van der Waals surface area contributed by atoms with Crippen molar-refractivity contribution in [1.82, 2.24) is 14.9 Å². The molecule has 1 heterocycles. The van der Waals surface area contributed by atoms with Crippen molar-refractivity contribution < 1.29 is 8.42 Å². The molecule has 5 nitrogen and oxygen atoms in total. The normalized spacial score (nSPS) is 15.9. The van der Waals surface area contributed by atoms with Crippen molar-refractivity contribution in [2.45, 2.75) is 36.6 Å². The molecular formula is C13H23N3O2S2. The second kappa shape index (κ2) is 7.00. The lowest BCUT2D eigenvalue weighted by Gasteiger charge is -2.13. The summed E-state index contributed by atoms with van der Waals surface area (Å²) in [6.45, 7) is 4.89. The first kappa shape index (κ1) is 15.9. The third-order valence-electron chi connectivity index (χ3n) is 3.39. The van der Waals surface area contributed by atoms with Crippen LogP contribution < -0.4 is 10.0 Å². The molecule has 0 saturated heterocycles. The van der Waals surface area contributed by atoms with Gasteiger partial charge in [0, 0.05) is 25.7 Å². The van der Waals surface area contributed by atoms with E-state index in [0.29, 0.717) is 16.8 Å². The lowest BCUT2D eigenvalue weighted by molar-refractivity contribution is 0.358. The maximum Gasteiger partial charge on any atom is 0.250 e. The van der Waals surface area contributed by atoms with Crippen LogP contribution in [-0.4, -0.2) is 46.0 Å². The van der Waals surface area contributed by atoms with Crippen molar-refractivity contribution in [2.75, 3.05) is 26.7 Å². The van der Waals surface area contributed by atoms with E-state index in [2.05, 4.69) is 14.9 Å². The van der Waals surface area contributed by atoms with Gasteiger partial charge in [0.2, 0.25) is 10.0 Å². The van der Waals surface area contributed by atoms with Crippen molar-refractivity contribution in [3.63, 3.8) is 0 Å². The van der Waals surface area contributed by atoms with Gasteiger partial charge < -0.3 is 10.2 Å². The second-order valence-electron chi connectivity index (χ2n) is 5.22. The predicted molar refractivity (Wildman–Crippen MR) is 82.5 cm³/mol. The molecule has 1 aromatic heterocycles. The summed E-state index contributed by atoms with van der Waals surface area (Å²) in [5.41, 5.74) is 1.05. The average Bonchev–Trinajstić information content (AvgIpc) is 3.12. The van der Waals surface area contributed by atoms with E-state index in [4.69, 9.17) is 0 Å². The van der Waals surface area contributed by atoms with Gasteiger partial charge in [-0.2, -0.15) is 0 Å². The van der Waals surface area contributed by atoms with E-state index in [1.807, 2.05) is 19.4 Å². The SMILES string of the molecule is CCN(C)CCNS(=O)(=O)c1cc(CNC2CC2)cs1. The summed E-state index contributed by atoms with van der Waals surface area (Å²) in [6.07, 6.45) is 2.48. The Morgan fingerprint density at radius 2 is 2.20 bits per heavy atom. The van der Waals surface area contributed by atoms with Gasteiger partial charge in [-0.25, -0.2) is 13.1 Å². The Bertz CT molecular complexity index is 523. The molecule has 1 aliphatic carbocycles. The highest BCUT2D eigenvalue weighted by atomic mass is 32.2. The highest BCUT2D eigenvalue weighted by Gasteiger charge is 2.21. The fourth-order valence-corrected chi connectivity index (χ4v) is 4.01. The van der Waals surface area contributed by atoms with Crippen LogP contribution in [0.25, 0.3) is 0 Å². The third-order valence-corrected chi connectivity index (χ3v) is 6.34. The highest BCUT2D eigenvalue weighted by molar-refractivity contribution is 7.91. The van der Waals surface area contributed by atoms with Crippen LogP contribution in [0, 0.1) is 0 Å². The van der Waals surface area contributed by atoms with Crippen LogP contribution in [0.1, 0.15) is 25.3 Å². The smallest absolute Gasteiger partial charge is 0.250 e. The van der Waals surface area contributed by atoms with E-state index >= 15 is 0 Å². The first-order chi connectivity index (χ1) is 9.51. The summed E-state index contributed by atoms with van der Waals surface area (Å²) in [4.78, 5) is 2.07. The Kier molecular flexibility index (Phi) is 5.57. The number of sulfonamides is 1. The number of likely N-dealkylation sites (N-methyl/N-ethyl adjacent to an activating group) is 1. The average molecular weight is 317 g/mol. The third kappa shape index (κ3) is 4.82. The molecule has 1 aromatic rings. The molecule has 2 rings (SSSR count). The van der Waals surface area contributed by atoms with E-state index < -0.39 is 10.0 Å². The monoisotopic (exact) mass is 317 g/mol. The Labute approximate surface area is 125 Å². The van der Waals surface area contributed by atoms with E-state index in [1.54, 1.807) is 6.07 Å². The van der Waals surface area contributed by atoms with Crippen LogP contribution in [0.3, 0.4) is 0 Å². The number of rotatable bonds is 9. The lowest BCUT2D eigenvalue weighted by atomic mass is 10.3. The van der Waals surface area contributed by atoms with E-state index in [9.17, 15) is 8.42 Å². The van der Waals surface area contributed by atoms with Crippen molar-refractivity contribution in [1.29, 1.82) is 0 Å². The van der Waals surface area contributed by atoms with Gasteiger partial charge in [-0.15, -0.1) is 11.3 Å². The maximum absolute atomic E-state index is 12.1. The largest absolute Gasteiger partial charge is 0.310 e.